The molecule has 0 saturated carbocycles. The molecule has 0 bridgehead atoms. The first kappa shape index (κ1) is 27.3. The van der Waals surface area contributed by atoms with E-state index in [2.05, 4.69) is 4.99 Å². The molecule has 0 aromatic carbocycles. The number of carboxylic acid groups (broad SMARTS) is 1. The van der Waals surface area contributed by atoms with Crippen molar-refractivity contribution in [3.63, 3.8) is 0 Å². The number of rotatable bonds is 5. The number of aliphatic carboxylic acids is 1. The Morgan fingerprint density at radius 1 is 1.11 bits per heavy atom. The predicted octanol–water partition coefficient (Wildman–Crippen LogP) is 5.31. The van der Waals surface area contributed by atoms with Crippen molar-refractivity contribution in [2.45, 2.75) is 57.2 Å². The van der Waals surface area contributed by atoms with Crippen LogP contribution in [0.15, 0.2) is 64.4 Å². The summed E-state index contributed by atoms with van der Waals surface area (Å²) in [4.78, 5) is 31.3. The third-order valence-corrected chi connectivity index (χ3v) is 8.36. The molecule has 5 atom stereocenters. The largest absolute Gasteiger partial charge is 0.478 e. The van der Waals surface area contributed by atoms with E-state index in [1.165, 1.54) is 37.8 Å². The average Bonchev–Trinajstić information content (AvgIpc) is 3.07. The highest BCUT2D eigenvalue weighted by Gasteiger charge is 2.40. The van der Waals surface area contributed by atoms with Crippen LogP contribution >= 0.6 is 11.8 Å². The number of halogens is 3. The molecule has 4 rings (SSSR count). The van der Waals surface area contributed by atoms with Gasteiger partial charge in [0.15, 0.2) is 5.60 Å². The molecule has 1 saturated heterocycles. The van der Waals surface area contributed by atoms with Gasteiger partial charge in [-0.15, -0.1) is 0 Å². The van der Waals surface area contributed by atoms with E-state index < -0.39 is 34.5 Å². The molecule has 0 aromatic rings. The number of thioether (sulfide) groups is 1. The van der Waals surface area contributed by atoms with Gasteiger partial charge in [-0.25, -0.2) is 4.79 Å². The third kappa shape index (κ3) is 6.05. The van der Waals surface area contributed by atoms with Gasteiger partial charge in [0, 0.05) is 24.6 Å². The van der Waals surface area contributed by atoms with E-state index >= 15 is 0 Å². The van der Waals surface area contributed by atoms with Crippen molar-refractivity contribution >= 4 is 28.7 Å². The Balaban J connectivity index is 1.38. The summed E-state index contributed by atoms with van der Waals surface area (Å²) in [6.07, 6.45) is 7.42. The van der Waals surface area contributed by atoms with E-state index in [-0.39, 0.29) is 23.8 Å². The second-order valence-electron chi connectivity index (χ2n) is 10.4. The van der Waals surface area contributed by atoms with Crippen molar-refractivity contribution in [3.8, 4) is 0 Å². The van der Waals surface area contributed by atoms with Gasteiger partial charge in [-0.05, 0) is 57.3 Å². The van der Waals surface area contributed by atoms with Gasteiger partial charge in [0.1, 0.15) is 11.0 Å². The second kappa shape index (κ2) is 10.2. The lowest BCUT2D eigenvalue weighted by Crippen LogP contribution is -2.48. The number of nitrogens with zero attached hydrogens (tertiary/aromatic N) is 2. The molecular formula is C27H31F3N2O4S. The van der Waals surface area contributed by atoms with Crippen molar-refractivity contribution < 1.29 is 32.6 Å². The van der Waals surface area contributed by atoms with Crippen LogP contribution in [0.1, 0.15) is 34.1 Å². The molecule has 4 aliphatic rings. The molecular weight excluding hydrogens is 505 g/mol. The van der Waals surface area contributed by atoms with Gasteiger partial charge in [-0.1, -0.05) is 43.0 Å². The first-order valence-corrected chi connectivity index (χ1v) is 13.2. The topological polar surface area (TPSA) is 79.2 Å². The quantitative estimate of drug-likeness (QED) is 0.515. The molecule has 0 radical (unpaired) electrons. The number of amides is 1. The fourth-order valence-corrected chi connectivity index (χ4v) is 6.07. The average molecular weight is 537 g/mol. The number of aliphatic imine (C=N–C) groups is 1. The Kier molecular flexibility index (Phi) is 7.52. The molecule has 2 aliphatic carbocycles. The maximum absolute atomic E-state index is 13.5. The fourth-order valence-electron chi connectivity index (χ4n) is 4.82. The Morgan fingerprint density at radius 3 is 2.51 bits per heavy atom. The van der Waals surface area contributed by atoms with Crippen molar-refractivity contribution in [2.75, 3.05) is 13.1 Å². The van der Waals surface area contributed by atoms with E-state index in [0.717, 1.165) is 12.5 Å². The zero-order chi connectivity index (χ0) is 27.1. The molecule has 0 aromatic heterocycles. The maximum Gasteiger partial charge on any atom is 0.416 e. The Labute approximate surface area is 218 Å². The number of hydrogen-bond acceptors (Lipinski definition) is 5. The molecule has 2 heterocycles. The van der Waals surface area contributed by atoms with Gasteiger partial charge >= 0.3 is 12.1 Å². The number of likely N-dealkylation sites (tertiary alicyclic amines) is 1. The second-order valence-corrected chi connectivity index (χ2v) is 11.5. The monoisotopic (exact) mass is 536 g/mol. The SMILES string of the molecule is CC1N=C(C2=C[C@@H](C)C=C(C(F)(F)F)C=C2)SC1C(=O)N1CCC2C=C(OC(C)(C)C(=O)O)C=CC2C1. The highest BCUT2D eigenvalue weighted by molar-refractivity contribution is 8.15. The van der Waals surface area contributed by atoms with Crippen LogP contribution in [0.2, 0.25) is 0 Å². The standard InChI is InChI=1S/C27H31F3N2O4S/c1-15-11-18(5-7-20(12-15)27(28,29)30)23-31-16(2)22(37-23)24(33)32-10-9-17-13-21(8-6-19(17)14-32)36-26(3,4)25(34)35/h5-8,11-13,15-17,19,22H,9-10,14H2,1-4H3,(H,34,35)/t15-,16?,17?,19?,22?/m1/s1. The van der Waals surface area contributed by atoms with Crippen LogP contribution in [0.4, 0.5) is 13.2 Å². The smallest absolute Gasteiger partial charge is 0.416 e. The predicted molar refractivity (Wildman–Crippen MR) is 137 cm³/mol. The first-order valence-electron chi connectivity index (χ1n) is 12.3. The summed E-state index contributed by atoms with van der Waals surface area (Å²) in [6.45, 7) is 7.64. The number of allylic oxidation sites excluding steroid dienone is 7. The zero-order valence-electron chi connectivity index (χ0n) is 21.2. The van der Waals surface area contributed by atoms with Gasteiger partial charge in [0.05, 0.1) is 16.7 Å². The van der Waals surface area contributed by atoms with Crippen molar-refractivity contribution in [1.29, 1.82) is 0 Å². The molecule has 0 spiro atoms. The lowest BCUT2D eigenvalue weighted by atomic mass is 9.82. The van der Waals surface area contributed by atoms with Crippen LogP contribution in [-0.4, -0.2) is 63.1 Å². The fraction of sp³-hybridized carbons (Fsp3) is 0.519. The normalized spacial score (nSPS) is 30.0. The molecule has 1 amide bonds. The highest BCUT2D eigenvalue weighted by Crippen LogP contribution is 2.38. The van der Waals surface area contributed by atoms with E-state index in [0.29, 0.717) is 29.5 Å². The summed E-state index contributed by atoms with van der Waals surface area (Å²) in [5.74, 6) is -0.728. The minimum atomic E-state index is -4.42. The summed E-state index contributed by atoms with van der Waals surface area (Å²) in [6, 6.07) is -0.298. The van der Waals surface area contributed by atoms with Crippen molar-refractivity contribution in [1.82, 2.24) is 4.90 Å². The van der Waals surface area contributed by atoms with Crippen LogP contribution < -0.4 is 0 Å². The van der Waals surface area contributed by atoms with Crippen LogP contribution in [0.3, 0.4) is 0 Å². The number of carboxylic acids is 1. The van der Waals surface area contributed by atoms with Crippen LogP contribution in [0.5, 0.6) is 0 Å². The summed E-state index contributed by atoms with van der Waals surface area (Å²) in [5, 5.41) is 9.46. The zero-order valence-corrected chi connectivity index (χ0v) is 22.0. The Bertz CT molecular complexity index is 1150. The van der Waals surface area contributed by atoms with Crippen molar-refractivity contribution in [3.05, 3.63) is 59.4 Å². The summed E-state index contributed by atoms with van der Waals surface area (Å²) < 4.78 is 45.3. The highest BCUT2D eigenvalue weighted by atomic mass is 32.2. The molecule has 4 unspecified atom stereocenters. The first-order chi connectivity index (χ1) is 17.2. The van der Waals surface area contributed by atoms with Crippen LogP contribution in [-0.2, 0) is 14.3 Å². The molecule has 200 valence electrons. The summed E-state index contributed by atoms with van der Waals surface area (Å²) in [7, 11) is 0. The van der Waals surface area contributed by atoms with E-state index in [1.807, 2.05) is 24.0 Å². The Hall–Kier alpha value is -2.75. The minimum absolute atomic E-state index is 0.0264. The van der Waals surface area contributed by atoms with Crippen LogP contribution in [0.25, 0.3) is 0 Å². The molecule has 10 heteroatoms. The van der Waals surface area contributed by atoms with E-state index in [1.54, 1.807) is 19.1 Å². The van der Waals surface area contributed by atoms with Crippen molar-refractivity contribution in [2.24, 2.45) is 22.7 Å². The van der Waals surface area contributed by atoms with E-state index in [9.17, 15) is 27.9 Å². The van der Waals surface area contributed by atoms with Gasteiger partial charge < -0.3 is 14.7 Å². The molecule has 37 heavy (non-hydrogen) atoms. The molecule has 1 N–H and O–H groups in total. The van der Waals surface area contributed by atoms with E-state index in [4.69, 9.17) is 4.74 Å². The number of piperidine rings is 1. The molecule has 2 aliphatic heterocycles. The minimum Gasteiger partial charge on any atom is -0.478 e. The third-order valence-electron chi connectivity index (χ3n) is 6.94. The summed E-state index contributed by atoms with van der Waals surface area (Å²) >= 11 is 1.32. The number of carbonyl (C=O) groups excluding carboxylic acids is 1. The lowest BCUT2D eigenvalue weighted by molar-refractivity contribution is -0.156. The summed E-state index contributed by atoms with van der Waals surface area (Å²) in [5.41, 5.74) is -1.42. The number of hydrogen-bond donors (Lipinski definition) is 1. The number of fused-ring (bicyclic) bond motifs is 1. The van der Waals surface area contributed by atoms with Gasteiger partial charge in [-0.3, -0.25) is 9.79 Å². The number of ether oxygens (including phenoxy) is 1. The van der Waals surface area contributed by atoms with Gasteiger partial charge in [-0.2, -0.15) is 13.2 Å². The molecule has 6 nitrogen and oxygen atoms in total. The number of alkyl halides is 3. The maximum atomic E-state index is 13.5. The number of carbonyl (C=O) groups is 2. The molecule has 1 fully saturated rings. The Morgan fingerprint density at radius 2 is 1.84 bits per heavy atom. The van der Waals surface area contributed by atoms with Gasteiger partial charge in [0.25, 0.3) is 0 Å². The lowest BCUT2D eigenvalue weighted by Gasteiger charge is -2.39. The van der Waals surface area contributed by atoms with Gasteiger partial charge in [0.2, 0.25) is 5.91 Å². The van der Waals surface area contributed by atoms with Crippen LogP contribution in [0, 0.1) is 17.8 Å².